The highest BCUT2D eigenvalue weighted by Gasteiger charge is 2.42. The molecule has 0 aromatic heterocycles. The number of morpholine rings is 1. The minimum Gasteiger partial charge on any atom is -0.375 e. The zero-order chi connectivity index (χ0) is 12.3. The quantitative estimate of drug-likeness (QED) is 0.466. The van der Waals surface area contributed by atoms with E-state index in [1.54, 1.807) is 0 Å². The topological polar surface area (TPSA) is 74.6 Å². The smallest absolute Gasteiger partial charge is 0.191 e. The number of aliphatic imine (C=N–C) groups is 1. The number of hydrogen-bond acceptors (Lipinski definition) is 3. The van der Waals surface area contributed by atoms with E-state index in [9.17, 15) is 0 Å². The third-order valence-electron chi connectivity index (χ3n) is 3.55. The minimum atomic E-state index is 0. The zero-order valence-electron chi connectivity index (χ0n) is 10.8. The van der Waals surface area contributed by atoms with Crippen LogP contribution in [0.2, 0.25) is 0 Å². The van der Waals surface area contributed by atoms with E-state index >= 15 is 0 Å². The van der Waals surface area contributed by atoms with Gasteiger partial charge in [-0.1, -0.05) is 0 Å². The fourth-order valence-corrected chi connectivity index (χ4v) is 2.11. The molecule has 1 saturated carbocycles. The molecule has 0 radical (unpaired) electrons. The molecule has 1 saturated heterocycles. The lowest BCUT2D eigenvalue weighted by Crippen LogP contribution is -2.48. The van der Waals surface area contributed by atoms with Crippen LogP contribution in [-0.4, -0.2) is 43.2 Å². The van der Waals surface area contributed by atoms with E-state index in [0.29, 0.717) is 25.5 Å². The molecule has 2 aliphatic rings. The van der Waals surface area contributed by atoms with E-state index in [0.717, 1.165) is 25.9 Å². The van der Waals surface area contributed by atoms with E-state index in [1.165, 1.54) is 0 Å². The van der Waals surface area contributed by atoms with Crippen molar-refractivity contribution in [2.75, 3.05) is 26.2 Å². The summed E-state index contributed by atoms with van der Waals surface area (Å²) in [5.74, 6) is 0.601. The van der Waals surface area contributed by atoms with Crippen LogP contribution in [0.3, 0.4) is 0 Å². The molecule has 0 aromatic rings. The van der Waals surface area contributed by atoms with Crippen molar-refractivity contribution >= 4 is 29.9 Å². The normalized spacial score (nSPS) is 26.1. The molecule has 1 atom stereocenters. The van der Waals surface area contributed by atoms with Gasteiger partial charge in [0, 0.05) is 31.5 Å². The average Bonchev–Trinajstić information content (AvgIpc) is 3.07. The first kappa shape index (κ1) is 15.5. The summed E-state index contributed by atoms with van der Waals surface area (Å²) in [7, 11) is 0. The van der Waals surface area contributed by atoms with Crippen molar-refractivity contribution in [1.29, 1.82) is 5.26 Å². The molecule has 1 aliphatic heterocycles. The Balaban J connectivity index is 0.00000162. The van der Waals surface area contributed by atoms with Crippen molar-refractivity contribution in [3.63, 3.8) is 0 Å². The van der Waals surface area contributed by atoms with E-state index in [1.807, 2.05) is 6.92 Å². The maximum atomic E-state index is 8.73. The summed E-state index contributed by atoms with van der Waals surface area (Å²) < 4.78 is 5.46. The van der Waals surface area contributed by atoms with Crippen LogP contribution in [-0.2, 0) is 4.74 Å². The summed E-state index contributed by atoms with van der Waals surface area (Å²) >= 11 is 0. The van der Waals surface area contributed by atoms with Gasteiger partial charge in [0.25, 0.3) is 0 Å². The molecule has 0 aromatic carbocycles. The number of rotatable bonds is 3. The molecular weight excluding hydrogens is 343 g/mol. The highest BCUT2D eigenvalue weighted by Crippen LogP contribution is 2.48. The monoisotopic (exact) mass is 364 g/mol. The molecule has 1 aliphatic carbocycles. The van der Waals surface area contributed by atoms with Gasteiger partial charge < -0.3 is 15.4 Å². The van der Waals surface area contributed by atoms with Crippen LogP contribution < -0.4 is 5.73 Å². The summed E-state index contributed by atoms with van der Waals surface area (Å²) in [5, 5.41) is 8.73. The third kappa shape index (κ3) is 3.99. The van der Waals surface area contributed by atoms with E-state index in [2.05, 4.69) is 16.0 Å². The van der Waals surface area contributed by atoms with Gasteiger partial charge in [-0.3, -0.25) is 4.99 Å². The Morgan fingerprint density at radius 3 is 2.89 bits per heavy atom. The molecule has 102 valence electrons. The zero-order valence-corrected chi connectivity index (χ0v) is 13.1. The predicted octanol–water partition coefficient (Wildman–Crippen LogP) is 1.33. The molecule has 2 rings (SSSR count). The number of guanidine groups is 1. The summed E-state index contributed by atoms with van der Waals surface area (Å²) in [4.78, 5) is 6.51. The van der Waals surface area contributed by atoms with Gasteiger partial charge in [0.05, 0.1) is 18.8 Å². The van der Waals surface area contributed by atoms with Crippen LogP contribution in [0, 0.1) is 16.7 Å². The summed E-state index contributed by atoms with van der Waals surface area (Å²) in [6.07, 6.45) is 3.03. The van der Waals surface area contributed by atoms with Crippen LogP contribution in [0.1, 0.15) is 26.2 Å². The van der Waals surface area contributed by atoms with E-state index in [-0.39, 0.29) is 35.5 Å². The number of nitriles is 1. The van der Waals surface area contributed by atoms with E-state index in [4.69, 9.17) is 15.7 Å². The van der Waals surface area contributed by atoms with Gasteiger partial charge in [-0.15, -0.1) is 24.0 Å². The number of nitrogens with two attached hydrogens (primary N) is 1. The lowest BCUT2D eigenvalue weighted by Gasteiger charge is -2.32. The predicted molar refractivity (Wildman–Crippen MR) is 80.8 cm³/mol. The number of halogens is 1. The number of ether oxygens (including phenoxy) is 1. The van der Waals surface area contributed by atoms with Gasteiger partial charge in [-0.25, -0.2) is 0 Å². The summed E-state index contributed by atoms with van der Waals surface area (Å²) in [6, 6.07) is 2.24. The fourth-order valence-electron chi connectivity index (χ4n) is 2.11. The Hall–Kier alpha value is -0.550. The molecule has 18 heavy (non-hydrogen) atoms. The lowest BCUT2D eigenvalue weighted by molar-refractivity contribution is 0.00527. The molecule has 1 heterocycles. The number of nitrogens with zero attached hydrogens (tertiary/aromatic N) is 3. The highest BCUT2D eigenvalue weighted by molar-refractivity contribution is 14.0. The van der Waals surface area contributed by atoms with Gasteiger partial charge in [-0.05, 0) is 19.8 Å². The maximum absolute atomic E-state index is 8.73. The van der Waals surface area contributed by atoms with Crippen LogP contribution in [0.25, 0.3) is 0 Å². The second kappa shape index (κ2) is 6.57. The van der Waals surface area contributed by atoms with Crippen molar-refractivity contribution in [1.82, 2.24) is 4.90 Å². The second-order valence-corrected chi connectivity index (χ2v) is 5.14. The average molecular weight is 364 g/mol. The first-order valence-corrected chi connectivity index (χ1v) is 6.19. The van der Waals surface area contributed by atoms with E-state index < -0.39 is 0 Å². The molecular formula is C12H21IN4O. The van der Waals surface area contributed by atoms with Crippen LogP contribution in [0.4, 0.5) is 0 Å². The molecule has 1 unspecified atom stereocenters. The lowest BCUT2D eigenvalue weighted by atomic mass is 10.0. The third-order valence-corrected chi connectivity index (χ3v) is 3.55. The standard InChI is InChI=1S/C12H20N4O.HI/c1-10-8-16(6-7-17-10)11(14)15-9-12(2-3-12)4-5-13;/h10H,2-4,6-9H2,1H3,(H2,14,15);1H. The van der Waals surface area contributed by atoms with Crippen molar-refractivity contribution in [3.8, 4) is 6.07 Å². The summed E-state index contributed by atoms with van der Waals surface area (Å²) in [6.45, 7) is 5.06. The second-order valence-electron chi connectivity index (χ2n) is 5.14. The Morgan fingerprint density at radius 1 is 1.61 bits per heavy atom. The minimum absolute atomic E-state index is 0. The molecule has 2 N–H and O–H groups in total. The van der Waals surface area contributed by atoms with Crippen LogP contribution >= 0.6 is 24.0 Å². The molecule has 0 bridgehead atoms. The van der Waals surface area contributed by atoms with Gasteiger partial charge in [0.2, 0.25) is 0 Å². The van der Waals surface area contributed by atoms with Crippen molar-refractivity contribution < 1.29 is 4.74 Å². The molecule has 0 spiro atoms. The highest BCUT2D eigenvalue weighted by atomic mass is 127. The van der Waals surface area contributed by atoms with Gasteiger partial charge >= 0.3 is 0 Å². The van der Waals surface area contributed by atoms with Crippen molar-refractivity contribution in [2.24, 2.45) is 16.1 Å². The Labute approximate surface area is 125 Å². The first-order chi connectivity index (χ1) is 8.15. The SMILES string of the molecule is CC1CN(C(N)=NCC2(CC#N)CC2)CCO1.I. The Kier molecular flexibility index (Phi) is 5.66. The Morgan fingerprint density at radius 2 is 2.33 bits per heavy atom. The molecule has 6 heteroatoms. The Bertz CT molecular complexity index is 348. The van der Waals surface area contributed by atoms with Crippen LogP contribution in [0.15, 0.2) is 4.99 Å². The van der Waals surface area contributed by atoms with Gasteiger partial charge in [0.15, 0.2) is 5.96 Å². The largest absolute Gasteiger partial charge is 0.375 e. The van der Waals surface area contributed by atoms with Crippen molar-refractivity contribution in [3.05, 3.63) is 0 Å². The molecule has 5 nitrogen and oxygen atoms in total. The summed E-state index contributed by atoms with van der Waals surface area (Å²) in [5.41, 5.74) is 6.12. The number of hydrogen-bond donors (Lipinski definition) is 1. The maximum Gasteiger partial charge on any atom is 0.191 e. The first-order valence-electron chi connectivity index (χ1n) is 6.19. The molecule has 0 amide bonds. The van der Waals surface area contributed by atoms with Crippen LogP contribution in [0.5, 0.6) is 0 Å². The van der Waals surface area contributed by atoms with Crippen molar-refractivity contribution in [2.45, 2.75) is 32.3 Å². The fraction of sp³-hybridized carbons (Fsp3) is 0.833. The van der Waals surface area contributed by atoms with Gasteiger partial charge in [-0.2, -0.15) is 5.26 Å². The van der Waals surface area contributed by atoms with Gasteiger partial charge in [0.1, 0.15) is 0 Å². The molecule has 2 fully saturated rings.